The molecular formula is C19H16BrClN2O4S. The highest BCUT2D eigenvalue weighted by atomic mass is 79.9. The first-order chi connectivity index (χ1) is 13.1. The van der Waals surface area contributed by atoms with E-state index in [1.807, 2.05) is 6.92 Å². The van der Waals surface area contributed by atoms with E-state index in [1.165, 1.54) is 23.6 Å². The molecule has 6 nitrogen and oxygen atoms in total. The Morgan fingerprint density at radius 2 is 1.71 bits per heavy atom. The van der Waals surface area contributed by atoms with Crippen LogP contribution in [0.25, 0.3) is 5.69 Å². The number of aryl methyl sites for hydroxylation is 2. The summed E-state index contributed by atoms with van der Waals surface area (Å²) >= 11 is 9.49. The van der Waals surface area contributed by atoms with Gasteiger partial charge < -0.3 is 4.18 Å². The molecule has 0 aliphatic heterocycles. The maximum Gasteiger partial charge on any atom is 0.340 e. The summed E-state index contributed by atoms with van der Waals surface area (Å²) in [6.45, 7) is 4.89. The highest BCUT2D eigenvalue weighted by molar-refractivity contribution is 9.10. The lowest BCUT2D eigenvalue weighted by atomic mass is 10.2. The van der Waals surface area contributed by atoms with Crippen LogP contribution >= 0.6 is 27.5 Å². The van der Waals surface area contributed by atoms with Gasteiger partial charge in [0.1, 0.15) is 10.7 Å². The lowest BCUT2D eigenvalue weighted by Crippen LogP contribution is -2.26. The molecule has 0 atom stereocenters. The van der Waals surface area contributed by atoms with Gasteiger partial charge in [0, 0.05) is 0 Å². The average molecular weight is 484 g/mol. The monoisotopic (exact) mass is 482 g/mol. The van der Waals surface area contributed by atoms with Gasteiger partial charge in [0.05, 0.1) is 20.7 Å². The smallest absolute Gasteiger partial charge is 0.340 e. The Morgan fingerprint density at radius 3 is 2.36 bits per heavy atom. The standard InChI is InChI=1S/C19H16BrClN2O4S/c1-11-7-9-14(10-8-11)28(25,26)27-18-12(2)19(24)23(13(3)22-18)16-6-4-5-15(21)17(16)20/h4-10H,1-3H3. The van der Waals surface area contributed by atoms with E-state index in [0.29, 0.717) is 15.2 Å². The van der Waals surface area contributed by atoms with Crippen LogP contribution < -0.4 is 9.74 Å². The van der Waals surface area contributed by atoms with Crippen molar-refractivity contribution in [2.45, 2.75) is 25.7 Å². The second-order valence-electron chi connectivity index (χ2n) is 6.15. The summed E-state index contributed by atoms with van der Waals surface area (Å²) < 4.78 is 32.1. The van der Waals surface area contributed by atoms with Gasteiger partial charge in [-0.1, -0.05) is 35.4 Å². The van der Waals surface area contributed by atoms with E-state index in [4.69, 9.17) is 15.8 Å². The molecule has 0 bridgehead atoms. The quantitative estimate of drug-likeness (QED) is 0.516. The van der Waals surface area contributed by atoms with Crippen LogP contribution in [0.5, 0.6) is 5.88 Å². The first kappa shape index (κ1) is 20.6. The Kier molecular flexibility index (Phi) is 5.65. The van der Waals surface area contributed by atoms with Crippen molar-refractivity contribution in [3.05, 3.63) is 79.3 Å². The van der Waals surface area contributed by atoms with E-state index in [9.17, 15) is 13.2 Å². The summed E-state index contributed by atoms with van der Waals surface area (Å²) in [6, 6.07) is 11.3. The zero-order valence-electron chi connectivity index (χ0n) is 15.2. The van der Waals surface area contributed by atoms with Crippen molar-refractivity contribution in [1.82, 2.24) is 9.55 Å². The van der Waals surface area contributed by atoms with Crippen molar-refractivity contribution in [2.24, 2.45) is 0 Å². The normalized spacial score (nSPS) is 11.5. The molecular weight excluding hydrogens is 468 g/mol. The summed E-state index contributed by atoms with van der Waals surface area (Å²) in [6.07, 6.45) is 0. The van der Waals surface area contributed by atoms with Gasteiger partial charge in [0.15, 0.2) is 0 Å². The second-order valence-corrected chi connectivity index (χ2v) is 8.90. The summed E-state index contributed by atoms with van der Waals surface area (Å²) in [5.41, 5.74) is 1.02. The van der Waals surface area contributed by atoms with Crippen LogP contribution in [-0.4, -0.2) is 18.0 Å². The summed E-state index contributed by atoms with van der Waals surface area (Å²) in [5, 5.41) is 0.434. The van der Waals surface area contributed by atoms with E-state index in [2.05, 4.69) is 20.9 Å². The first-order valence-electron chi connectivity index (χ1n) is 8.17. The van der Waals surface area contributed by atoms with E-state index in [-0.39, 0.29) is 22.2 Å². The van der Waals surface area contributed by atoms with Crippen molar-refractivity contribution in [2.75, 3.05) is 0 Å². The molecule has 9 heteroatoms. The fraction of sp³-hybridized carbons (Fsp3) is 0.158. The van der Waals surface area contributed by atoms with Crippen LogP contribution in [0.3, 0.4) is 0 Å². The van der Waals surface area contributed by atoms with Gasteiger partial charge in [-0.05, 0) is 61.0 Å². The number of nitrogens with zero attached hydrogens (tertiary/aromatic N) is 2. The lowest BCUT2D eigenvalue weighted by Gasteiger charge is -2.15. The van der Waals surface area contributed by atoms with Crippen LogP contribution in [0.15, 0.2) is 56.6 Å². The predicted octanol–water partition coefficient (Wildman–Crippen LogP) is 4.34. The highest BCUT2D eigenvalue weighted by Gasteiger charge is 2.22. The molecule has 0 amide bonds. The van der Waals surface area contributed by atoms with Crippen LogP contribution in [0.2, 0.25) is 5.02 Å². The molecule has 0 unspecified atom stereocenters. The summed E-state index contributed by atoms with van der Waals surface area (Å²) in [4.78, 5) is 17.1. The number of halogens is 2. The number of hydrogen-bond acceptors (Lipinski definition) is 5. The first-order valence-corrected chi connectivity index (χ1v) is 10.8. The number of hydrogen-bond donors (Lipinski definition) is 0. The summed E-state index contributed by atoms with van der Waals surface area (Å²) in [7, 11) is -4.12. The molecule has 0 aliphatic carbocycles. The van der Waals surface area contributed by atoms with Crippen molar-refractivity contribution < 1.29 is 12.6 Å². The topological polar surface area (TPSA) is 78.3 Å². The van der Waals surface area contributed by atoms with Gasteiger partial charge in [0.2, 0.25) is 5.88 Å². The highest BCUT2D eigenvalue weighted by Crippen LogP contribution is 2.29. The third-order valence-corrected chi connectivity index (χ3v) is 6.71. The van der Waals surface area contributed by atoms with E-state index in [1.54, 1.807) is 37.3 Å². The Hall–Kier alpha value is -2.16. The number of benzene rings is 2. The van der Waals surface area contributed by atoms with Crippen molar-refractivity contribution in [3.63, 3.8) is 0 Å². The largest absolute Gasteiger partial charge is 0.358 e. The average Bonchev–Trinajstić information content (AvgIpc) is 2.63. The molecule has 146 valence electrons. The Bertz CT molecular complexity index is 1220. The number of aromatic nitrogens is 2. The van der Waals surface area contributed by atoms with Gasteiger partial charge in [-0.15, -0.1) is 0 Å². The molecule has 0 radical (unpaired) electrons. The minimum atomic E-state index is -4.12. The van der Waals surface area contributed by atoms with E-state index < -0.39 is 15.7 Å². The molecule has 1 aromatic heterocycles. The van der Waals surface area contributed by atoms with Gasteiger partial charge in [-0.2, -0.15) is 13.4 Å². The number of rotatable bonds is 4. The Labute approximate surface area is 176 Å². The second kappa shape index (κ2) is 7.69. The predicted molar refractivity (Wildman–Crippen MR) is 111 cm³/mol. The Balaban J connectivity index is 2.09. The fourth-order valence-electron chi connectivity index (χ4n) is 2.57. The van der Waals surface area contributed by atoms with Crippen molar-refractivity contribution in [3.8, 4) is 11.6 Å². The van der Waals surface area contributed by atoms with Gasteiger partial charge in [-0.3, -0.25) is 9.36 Å². The van der Waals surface area contributed by atoms with Gasteiger partial charge in [0.25, 0.3) is 5.56 Å². The molecule has 0 spiro atoms. The maximum atomic E-state index is 12.9. The minimum absolute atomic E-state index is 0.0151. The zero-order valence-corrected chi connectivity index (χ0v) is 18.4. The Morgan fingerprint density at radius 1 is 1.07 bits per heavy atom. The SMILES string of the molecule is Cc1ccc(S(=O)(=O)Oc2nc(C)n(-c3cccc(Cl)c3Br)c(=O)c2C)cc1. The minimum Gasteiger partial charge on any atom is -0.358 e. The van der Waals surface area contributed by atoms with Crippen molar-refractivity contribution in [1.29, 1.82) is 0 Å². The molecule has 0 fully saturated rings. The molecule has 1 heterocycles. The molecule has 3 rings (SSSR count). The molecule has 28 heavy (non-hydrogen) atoms. The van der Waals surface area contributed by atoms with E-state index in [0.717, 1.165) is 5.56 Å². The maximum absolute atomic E-state index is 12.9. The molecule has 0 saturated heterocycles. The third kappa shape index (κ3) is 3.85. The zero-order chi connectivity index (χ0) is 20.6. The van der Waals surface area contributed by atoms with Crippen LogP contribution in [0, 0.1) is 20.8 Å². The van der Waals surface area contributed by atoms with Gasteiger partial charge in [-0.25, -0.2) is 0 Å². The van der Waals surface area contributed by atoms with Crippen molar-refractivity contribution >= 4 is 37.6 Å². The van der Waals surface area contributed by atoms with Crippen LogP contribution in [-0.2, 0) is 10.1 Å². The molecule has 2 aromatic carbocycles. The molecule has 0 aliphatic rings. The molecule has 3 aromatic rings. The fourth-order valence-corrected chi connectivity index (χ4v) is 4.12. The molecule has 0 N–H and O–H groups in total. The van der Waals surface area contributed by atoms with Gasteiger partial charge >= 0.3 is 10.1 Å². The van der Waals surface area contributed by atoms with Crippen LogP contribution in [0.4, 0.5) is 0 Å². The lowest BCUT2D eigenvalue weighted by molar-refractivity contribution is 0.469. The van der Waals surface area contributed by atoms with Crippen LogP contribution in [0.1, 0.15) is 17.0 Å². The molecule has 0 saturated carbocycles. The summed E-state index contributed by atoms with van der Waals surface area (Å²) in [5.74, 6) is 0.00477. The third-order valence-electron chi connectivity index (χ3n) is 4.10. The van der Waals surface area contributed by atoms with E-state index >= 15 is 0 Å².